The first kappa shape index (κ1) is 16.3. The highest BCUT2D eigenvalue weighted by molar-refractivity contribution is 7.99. The Morgan fingerprint density at radius 1 is 1.42 bits per heavy atom. The van der Waals surface area contributed by atoms with Crippen molar-refractivity contribution < 1.29 is 19.4 Å². The molecule has 0 spiro atoms. The number of rotatable bonds is 8. The van der Waals surface area contributed by atoms with Crippen molar-refractivity contribution in [2.75, 3.05) is 31.8 Å². The highest BCUT2D eigenvalue weighted by Gasteiger charge is 2.26. The molecule has 1 N–H and O–H groups in total. The predicted octanol–water partition coefficient (Wildman–Crippen LogP) is 1.61. The maximum atomic E-state index is 12.1. The van der Waals surface area contributed by atoms with Crippen LogP contribution in [0.15, 0.2) is 0 Å². The molecule has 1 amide bonds. The van der Waals surface area contributed by atoms with E-state index in [0.717, 1.165) is 31.6 Å². The van der Waals surface area contributed by atoms with E-state index in [1.165, 1.54) is 0 Å². The van der Waals surface area contributed by atoms with Crippen LogP contribution in [0.1, 0.15) is 32.1 Å². The average Bonchev–Trinajstić information content (AvgIpc) is 2.41. The van der Waals surface area contributed by atoms with Crippen molar-refractivity contribution in [2.24, 2.45) is 0 Å². The first-order valence-corrected chi connectivity index (χ1v) is 7.88. The molecule has 110 valence electrons. The molecule has 0 saturated carbocycles. The Balaban J connectivity index is 2.37. The summed E-state index contributed by atoms with van der Waals surface area (Å²) in [5.74, 6) is 0.631. The maximum absolute atomic E-state index is 12.1. The summed E-state index contributed by atoms with van der Waals surface area (Å²) in [4.78, 5) is 24.7. The molecule has 1 unspecified atom stereocenters. The van der Waals surface area contributed by atoms with Crippen LogP contribution in [-0.2, 0) is 14.3 Å². The number of hydrogen-bond acceptors (Lipinski definition) is 4. The predicted molar refractivity (Wildman–Crippen MR) is 75.4 cm³/mol. The van der Waals surface area contributed by atoms with E-state index in [1.807, 2.05) is 4.90 Å². The molecule has 5 nitrogen and oxygen atoms in total. The Morgan fingerprint density at radius 3 is 2.89 bits per heavy atom. The molecular formula is C13H23NO4S. The fourth-order valence-electron chi connectivity index (χ4n) is 2.30. The van der Waals surface area contributed by atoms with Crippen LogP contribution >= 0.6 is 11.8 Å². The van der Waals surface area contributed by atoms with Gasteiger partial charge in [-0.15, -0.1) is 11.8 Å². The molecule has 1 saturated heterocycles. The van der Waals surface area contributed by atoms with Crippen LogP contribution in [0.2, 0.25) is 0 Å². The lowest BCUT2D eigenvalue weighted by molar-refractivity contribution is -0.139. The maximum Gasteiger partial charge on any atom is 0.303 e. The molecule has 1 rings (SSSR count). The third-order valence-electron chi connectivity index (χ3n) is 3.30. The molecule has 0 bridgehead atoms. The second-order valence-corrected chi connectivity index (χ2v) is 5.82. The summed E-state index contributed by atoms with van der Waals surface area (Å²) in [7, 11) is 1.65. The SMILES string of the molecule is COCCSCC(=O)N1CCCCC1CCC(=O)O. The van der Waals surface area contributed by atoms with Gasteiger partial charge in [-0.3, -0.25) is 9.59 Å². The monoisotopic (exact) mass is 289 g/mol. The molecule has 19 heavy (non-hydrogen) atoms. The molecule has 0 aromatic heterocycles. The highest BCUT2D eigenvalue weighted by atomic mass is 32.2. The molecule has 1 heterocycles. The highest BCUT2D eigenvalue weighted by Crippen LogP contribution is 2.22. The van der Waals surface area contributed by atoms with Crippen LogP contribution in [-0.4, -0.2) is 59.7 Å². The molecule has 1 aliphatic heterocycles. The zero-order valence-electron chi connectivity index (χ0n) is 11.5. The summed E-state index contributed by atoms with van der Waals surface area (Å²) in [6.07, 6.45) is 3.76. The third kappa shape index (κ3) is 6.29. The standard InChI is InChI=1S/C13H23NO4S/c1-18-8-9-19-10-12(15)14-7-3-2-4-11(14)5-6-13(16)17/h11H,2-10H2,1H3,(H,16,17). The molecular weight excluding hydrogens is 266 g/mol. The number of carbonyl (C=O) groups excluding carboxylic acids is 1. The molecule has 0 aromatic rings. The van der Waals surface area contributed by atoms with Gasteiger partial charge in [0.1, 0.15) is 0 Å². The zero-order valence-corrected chi connectivity index (χ0v) is 12.3. The summed E-state index contributed by atoms with van der Waals surface area (Å²) in [6.45, 7) is 1.42. The Morgan fingerprint density at radius 2 is 2.21 bits per heavy atom. The normalized spacial score (nSPS) is 19.4. The first-order chi connectivity index (χ1) is 9.15. The minimum atomic E-state index is -0.785. The van der Waals surface area contributed by atoms with E-state index in [9.17, 15) is 9.59 Å². The van der Waals surface area contributed by atoms with E-state index in [1.54, 1.807) is 18.9 Å². The number of amides is 1. The summed E-state index contributed by atoms with van der Waals surface area (Å²) in [6, 6.07) is 0.111. The first-order valence-electron chi connectivity index (χ1n) is 6.73. The Hall–Kier alpha value is -0.750. The second-order valence-electron chi connectivity index (χ2n) is 4.71. The van der Waals surface area contributed by atoms with Crippen molar-refractivity contribution >= 4 is 23.6 Å². The van der Waals surface area contributed by atoms with Gasteiger partial charge in [0, 0.05) is 31.9 Å². The Labute approximate surface area is 118 Å². The van der Waals surface area contributed by atoms with Crippen molar-refractivity contribution in [3.8, 4) is 0 Å². The topological polar surface area (TPSA) is 66.8 Å². The number of carbonyl (C=O) groups is 2. The number of ether oxygens (including phenoxy) is 1. The minimum Gasteiger partial charge on any atom is -0.481 e. The van der Waals surface area contributed by atoms with Crippen molar-refractivity contribution in [2.45, 2.75) is 38.1 Å². The zero-order chi connectivity index (χ0) is 14.1. The van der Waals surface area contributed by atoms with Gasteiger partial charge in [-0.1, -0.05) is 0 Å². The average molecular weight is 289 g/mol. The van der Waals surface area contributed by atoms with Crippen LogP contribution in [0, 0.1) is 0 Å². The number of methoxy groups -OCH3 is 1. The summed E-state index contributed by atoms with van der Waals surface area (Å²) in [5, 5.41) is 8.75. The third-order valence-corrected chi connectivity index (χ3v) is 4.20. The number of piperidine rings is 1. The fraction of sp³-hybridized carbons (Fsp3) is 0.846. The van der Waals surface area contributed by atoms with Crippen molar-refractivity contribution in [1.29, 1.82) is 0 Å². The van der Waals surface area contributed by atoms with Gasteiger partial charge in [-0.2, -0.15) is 0 Å². The Bertz CT molecular complexity index is 298. The number of thioether (sulfide) groups is 1. The van der Waals surface area contributed by atoms with Crippen LogP contribution in [0.5, 0.6) is 0 Å². The number of hydrogen-bond donors (Lipinski definition) is 1. The second kappa shape index (κ2) is 9.20. The van der Waals surface area contributed by atoms with Crippen LogP contribution in [0.25, 0.3) is 0 Å². The summed E-state index contributed by atoms with van der Waals surface area (Å²) < 4.78 is 4.94. The number of carboxylic acid groups (broad SMARTS) is 1. The van der Waals surface area contributed by atoms with Crippen LogP contribution in [0.3, 0.4) is 0 Å². The van der Waals surface area contributed by atoms with Gasteiger partial charge in [-0.25, -0.2) is 0 Å². The molecule has 6 heteroatoms. The van der Waals surface area contributed by atoms with Gasteiger partial charge in [0.05, 0.1) is 12.4 Å². The largest absolute Gasteiger partial charge is 0.481 e. The van der Waals surface area contributed by atoms with E-state index in [2.05, 4.69) is 0 Å². The van der Waals surface area contributed by atoms with E-state index < -0.39 is 5.97 Å². The van der Waals surface area contributed by atoms with Gasteiger partial charge in [0.25, 0.3) is 0 Å². The lowest BCUT2D eigenvalue weighted by Crippen LogP contribution is -2.44. The van der Waals surface area contributed by atoms with E-state index in [-0.39, 0.29) is 18.4 Å². The smallest absolute Gasteiger partial charge is 0.303 e. The quantitative estimate of drug-likeness (QED) is 0.688. The molecule has 1 atom stereocenters. The molecule has 0 aromatic carbocycles. The molecule has 1 fully saturated rings. The van der Waals surface area contributed by atoms with Gasteiger partial charge < -0.3 is 14.7 Å². The minimum absolute atomic E-state index is 0.111. The van der Waals surface area contributed by atoms with Gasteiger partial charge in [-0.05, 0) is 25.7 Å². The van der Waals surface area contributed by atoms with Crippen LogP contribution < -0.4 is 0 Å². The molecule has 0 aliphatic carbocycles. The van der Waals surface area contributed by atoms with Crippen molar-refractivity contribution in [1.82, 2.24) is 4.90 Å². The number of aliphatic carboxylic acids is 1. The number of carboxylic acids is 1. The Kier molecular flexibility index (Phi) is 7.90. The van der Waals surface area contributed by atoms with Gasteiger partial charge in [0.15, 0.2) is 0 Å². The summed E-state index contributed by atoms with van der Waals surface area (Å²) >= 11 is 1.57. The van der Waals surface area contributed by atoms with Crippen molar-refractivity contribution in [3.63, 3.8) is 0 Å². The molecule has 1 aliphatic rings. The number of nitrogens with zero attached hydrogens (tertiary/aromatic N) is 1. The van der Waals surface area contributed by atoms with Crippen LogP contribution in [0.4, 0.5) is 0 Å². The summed E-state index contributed by atoms with van der Waals surface area (Å²) in [5.41, 5.74) is 0. The van der Waals surface area contributed by atoms with E-state index in [4.69, 9.17) is 9.84 Å². The van der Waals surface area contributed by atoms with E-state index in [0.29, 0.717) is 18.8 Å². The van der Waals surface area contributed by atoms with Crippen molar-refractivity contribution in [3.05, 3.63) is 0 Å². The number of likely N-dealkylation sites (tertiary alicyclic amines) is 1. The van der Waals surface area contributed by atoms with E-state index >= 15 is 0 Å². The molecule has 0 radical (unpaired) electrons. The fourth-order valence-corrected chi connectivity index (χ4v) is 3.07. The van der Waals surface area contributed by atoms with Gasteiger partial charge in [0.2, 0.25) is 5.91 Å². The van der Waals surface area contributed by atoms with Gasteiger partial charge >= 0.3 is 5.97 Å². The lowest BCUT2D eigenvalue weighted by Gasteiger charge is -2.35. The lowest BCUT2D eigenvalue weighted by atomic mass is 9.98.